The fourth-order valence-electron chi connectivity index (χ4n) is 2.46. The molecule has 5 nitrogen and oxygen atoms in total. The van der Waals surface area contributed by atoms with E-state index in [1.165, 1.54) is 0 Å². The van der Waals surface area contributed by atoms with Crippen LogP contribution >= 0.6 is 23.4 Å². The van der Waals surface area contributed by atoms with Crippen molar-refractivity contribution in [2.24, 2.45) is 0 Å². The van der Waals surface area contributed by atoms with Crippen molar-refractivity contribution in [2.45, 2.75) is 0 Å². The molecule has 2 heterocycles. The minimum atomic E-state index is -0.370. The van der Waals surface area contributed by atoms with Crippen LogP contribution in [0.1, 0.15) is 5.56 Å². The van der Waals surface area contributed by atoms with E-state index in [1.807, 2.05) is 0 Å². The van der Waals surface area contributed by atoms with Crippen molar-refractivity contribution in [3.8, 4) is 11.5 Å². The average molecular weight is 360 g/mol. The van der Waals surface area contributed by atoms with E-state index in [9.17, 15) is 9.59 Å². The fraction of sp³-hybridized carbons (Fsp3) is 0.0588. The van der Waals surface area contributed by atoms with E-state index >= 15 is 0 Å². The van der Waals surface area contributed by atoms with Gasteiger partial charge in [0.25, 0.3) is 11.1 Å². The summed E-state index contributed by atoms with van der Waals surface area (Å²) in [5.74, 6) is 0.918. The molecular formula is C17H10ClNO4S. The molecule has 0 saturated carbocycles. The number of carbonyl (C=O) groups excluding carboxylic acids is 2. The van der Waals surface area contributed by atoms with E-state index in [0.29, 0.717) is 27.1 Å². The maximum absolute atomic E-state index is 12.6. The van der Waals surface area contributed by atoms with E-state index in [-0.39, 0.29) is 17.9 Å². The number of halogens is 1. The predicted molar refractivity (Wildman–Crippen MR) is 92.5 cm³/mol. The molecule has 0 N–H and O–H groups in total. The third kappa shape index (κ3) is 2.64. The van der Waals surface area contributed by atoms with E-state index in [4.69, 9.17) is 21.1 Å². The Morgan fingerprint density at radius 3 is 2.75 bits per heavy atom. The quantitative estimate of drug-likeness (QED) is 0.748. The number of rotatable bonds is 2. The Kier molecular flexibility index (Phi) is 3.70. The smallest absolute Gasteiger partial charge is 0.298 e. The highest BCUT2D eigenvalue weighted by molar-refractivity contribution is 8.19. The third-order valence-electron chi connectivity index (χ3n) is 3.55. The Bertz CT molecular complexity index is 896. The standard InChI is InChI=1S/C17H10ClNO4S/c18-11-2-1-3-12(8-11)19-16(20)15(24-17(19)21)7-10-4-5-13-14(6-10)23-9-22-13/h1-8H,9H2/b15-7-. The number of carbonyl (C=O) groups is 2. The Balaban J connectivity index is 1.66. The molecule has 2 aliphatic heterocycles. The molecule has 0 bridgehead atoms. The number of ether oxygens (including phenoxy) is 2. The summed E-state index contributed by atoms with van der Waals surface area (Å²) in [5, 5.41) is 0.112. The lowest BCUT2D eigenvalue weighted by Crippen LogP contribution is -2.27. The molecule has 1 saturated heterocycles. The number of nitrogens with zero attached hydrogens (tertiary/aromatic N) is 1. The summed E-state index contributed by atoms with van der Waals surface area (Å²) in [5.41, 5.74) is 1.22. The van der Waals surface area contributed by atoms with Gasteiger partial charge in [-0.1, -0.05) is 23.7 Å². The molecule has 120 valence electrons. The zero-order valence-electron chi connectivity index (χ0n) is 12.2. The van der Waals surface area contributed by atoms with Crippen LogP contribution in [0, 0.1) is 0 Å². The van der Waals surface area contributed by atoms with Crippen LogP contribution in [0.25, 0.3) is 6.08 Å². The monoisotopic (exact) mass is 359 g/mol. The van der Waals surface area contributed by atoms with E-state index in [1.54, 1.807) is 48.5 Å². The van der Waals surface area contributed by atoms with Crippen molar-refractivity contribution in [1.82, 2.24) is 0 Å². The largest absolute Gasteiger partial charge is 0.454 e. The number of anilines is 1. The Hall–Kier alpha value is -2.44. The second-order valence-electron chi connectivity index (χ2n) is 5.11. The molecule has 2 aromatic carbocycles. The first-order valence-corrected chi connectivity index (χ1v) is 8.24. The van der Waals surface area contributed by atoms with Gasteiger partial charge in [0.2, 0.25) is 6.79 Å². The van der Waals surface area contributed by atoms with Crippen molar-refractivity contribution in [3.05, 3.63) is 58.0 Å². The first-order valence-electron chi connectivity index (χ1n) is 7.05. The molecule has 24 heavy (non-hydrogen) atoms. The van der Waals surface area contributed by atoms with Gasteiger partial charge in [0.15, 0.2) is 11.5 Å². The zero-order valence-corrected chi connectivity index (χ0v) is 13.8. The number of hydrogen-bond acceptors (Lipinski definition) is 5. The number of amides is 2. The lowest BCUT2D eigenvalue weighted by Gasteiger charge is -2.12. The highest BCUT2D eigenvalue weighted by Gasteiger charge is 2.36. The lowest BCUT2D eigenvalue weighted by atomic mass is 10.2. The summed E-state index contributed by atoms with van der Waals surface area (Å²) in [6.07, 6.45) is 1.66. The van der Waals surface area contributed by atoms with Crippen molar-refractivity contribution >= 4 is 46.3 Å². The van der Waals surface area contributed by atoms with Gasteiger partial charge in [-0.25, -0.2) is 4.90 Å². The minimum Gasteiger partial charge on any atom is -0.454 e. The Labute approximate surface area is 146 Å². The van der Waals surface area contributed by atoms with Gasteiger partial charge in [-0.2, -0.15) is 0 Å². The van der Waals surface area contributed by atoms with Crippen molar-refractivity contribution in [2.75, 3.05) is 11.7 Å². The summed E-state index contributed by atoms with van der Waals surface area (Å²) < 4.78 is 10.6. The number of fused-ring (bicyclic) bond motifs is 1. The summed E-state index contributed by atoms with van der Waals surface area (Å²) in [4.78, 5) is 26.3. The van der Waals surface area contributed by atoms with Crippen LogP contribution in [0.4, 0.5) is 10.5 Å². The zero-order chi connectivity index (χ0) is 16.7. The fourth-order valence-corrected chi connectivity index (χ4v) is 3.49. The molecule has 1 fully saturated rings. The van der Waals surface area contributed by atoms with Crippen molar-refractivity contribution in [1.29, 1.82) is 0 Å². The molecule has 2 aliphatic rings. The normalized spacial score (nSPS) is 17.9. The SMILES string of the molecule is O=C1S/C(=C\c2ccc3c(c2)OCO3)C(=O)N1c1cccc(Cl)c1. The van der Waals surface area contributed by atoms with Crippen molar-refractivity contribution in [3.63, 3.8) is 0 Å². The second-order valence-corrected chi connectivity index (χ2v) is 6.54. The molecule has 0 spiro atoms. The first kappa shape index (κ1) is 15.1. The highest BCUT2D eigenvalue weighted by Crippen LogP contribution is 2.38. The van der Waals surface area contributed by atoms with Gasteiger partial charge in [-0.15, -0.1) is 0 Å². The molecule has 2 amide bonds. The summed E-state index contributed by atoms with van der Waals surface area (Å²) in [6.45, 7) is 0.185. The molecule has 0 aliphatic carbocycles. The van der Waals surface area contributed by atoms with Crippen LogP contribution in [-0.4, -0.2) is 17.9 Å². The van der Waals surface area contributed by atoms with Gasteiger partial charge in [0, 0.05) is 5.02 Å². The predicted octanol–water partition coefficient (Wildman–Crippen LogP) is 4.31. The van der Waals surface area contributed by atoms with E-state index in [0.717, 1.165) is 22.2 Å². The highest BCUT2D eigenvalue weighted by atomic mass is 35.5. The number of imide groups is 1. The topological polar surface area (TPSA) is 55.8 Å². The minimum absolute atomic E-state index is 0.185. The van der Waals surface area contributed by atoms with E-state index in [2.05, 4.69) is 0 Å². The molecular weight excluding hydrogens is 350 g/mol. The van der Waals surface area contributed by atoms with Gasteiger partial charge in [0.05, 0.1) is 10.6 Å². The summed E-state index contributed by atoms with van der Waals surface area (Å²) in [7, 11) is 0. The summed E-state index contributed by atoms with van der Waals surface area (Å²) >= 11 is 6.84. The van der Waals surface area contributed by atoms with Crippen LogP contribution in [-0.2, 0) is 4.79 Å². The van der Waals surface area contributed by atoms with E-state index < -0.39 is 0 Å². The van der Waals surface area contributed by atoms with Crippen molar-refractivity contribution < 1.29 is 19.1 Å². The average Bonchev–Trinajstić information content (AvgIpc) is 3.12. The van der Waals surface area contributed by atoms with Gasteiger partial charge < -0.3 is 9.47 Å². The van der Waals surface area contributed by atoms with Crippen LogP contribution in [0.2, 0.25) is 5.02 Å². The van der Waals surface area contributed by atoms with Gasteiger partial charge in [-0.05, 0) is 53.7 Å². The van der Waals surface area contributed by atoms with Crippen LogP contribution in [0.3, 0.4) is 0 Å². The summed E-state index contributed by atoms with van der Waals surface area (Å²) in [6, 6.07) is 12.0. The van der Waals surface area contributed by atoms with Crippen LogP contribution in [0.15, 0.2) is 47.4 Å². The third-order valence-corrected chi connectivity index (χ3v) is 4.66. The maximum atomic E-state index is 12.6. The molecule has 0 radical (unpaired) electrons. The molecule has 4 rings (SSSR count). The van der Waals surface area contributed by atoms with Gasteiger partial charge >= 0.3 is 0 Å². The number of benzene rings is 2. The molecule has 7 heteroatoms. The number of hydrogen-bond donors (Lipinski definition) is 0. The Morgan fingerprint density at radius 2 is 1.92 bits per heavy atom. The number of thioether (sulfide) groups is 1. The molecule has 2 aromatic rings. The molecule has 0 atom stereocenters. The molecule has 0 aromatic heterocycles. The van der Waals surface area contributed by atoms with Crippen LogP contribution in [0.5, 0.6) is 11.5 Å². The van der Waals surface area contributed by atoms with Gasteiger partial charge in [-0.3, -0.25) is 9.59 Å². The van der Waals surface area contributed by atoms with Crippen LogP contribution < -0.4 is 14.4 Å². The molecule has 0 unspecified atom stereocenters. The second kappa shape index (κ2) is 5.89. The maximum Gasteiger partial charge on any atom is 0.298 e. The first-order chi connectivity index (χ1) is 11.6. The lowest BCUT2D eigenvalue weighted by molar-refractivity contribution is -0.113. The van der Waals surface area contributed by atoms with Gasteiger partial charge in [0.1, 0.15) is 0 Å². The Morgan fingerprint density at radius 1 is 1.08 bits per heavy atom.